The summed E-state index contributed by atoms with van der Waals surface area (Å²) in [7, 11) is 0. The number of nitrogens with zero attached hydrogens (tertiary/aromatic N) is 3. The molecule has 1 aliphatic heterocycles. The van der Waals surface area contributed by atoms with Crippen LogP contribution in [-0.4, -0.2) is 22.3 Å². The van der Waals surface area contributed by atoms with E-state index in [9.17, 15) is 4.79 Å². The van der Waals surface area contributed by atoms with Crippen molar-refractivity contribution in [2.24, 2.45) is 0 Å². The van der Waals surface area contributed by atoms with Gasteiger partial charge in [0.2, 0.25) is 0 Å². The third kappa shape index (κ3) is 4.07. The predicted octanol–water partition coefficient (Wildman–Crippen LogP) is 4.39. The van der Waals surface area contributed by atoms with Crippen molar-refractivity contribution in [2.45, 2.75) is 36.4 Å². The van der Waals surface area contributed by atoms with E-state index in [2.05, 4.69) is 6.07 Å². The van der Waals surface area contributed by atoms with Crippen LogP contribution in [0.15, 0.2) is 52.4 Å². The van der Waals surface area contributed by atoms with E-state index >= 15 is 0 Å². The number of benzene rings is 2. The normalized spacial score (nSPS) is 16.4. The van der Waals surface area contributed by atoms with E-state index in [1.165, 1.54) is 11.8 Å². The highest BCUT2D eigenvalue weighted by Crippen LogP contribution is 2.25. The van der Waals surface area contributed by atoms with E-state index in [0.717, 1.165) is 25.0 Å². The zero-order valence-electron chi connectivity index (χ0n) is 15.1. The maximum atomic E-state index is 13.1. The highest BCUT2D eigenvalue weighted by atomic mass is 35.5. The smallest absolute Gasteiger partial charge is 0.262 e. The Morgan fingerprint density at radius 3 is 2.82 bits per heavy atom. The van der Waals surface area contributed by atoms with Crippen molar-refractivity contribution in [3.8, 4) is 6.07 Å². The third-order valence-electron chi connectivity index (χ3n) is 4.74. The Bertz CT molecular complexity index is 1100. The summed E-state index contributed by atoms with van der Waals surface area (Å²) in [4.78, 5) is 17.8. The van der Waals surface area contributed by atoms with Gasteiger partial charge in [0.1, 0.15) is 0 Å². The second-order valence-electron chi connectivity index (χ2n) is 6.70. The van der Waals surface area contributed by atoms with Gasteiger partial charge in [-0.15, -0.1) is 0 Å². The van der Waals surface area contributed by atoms with Crippen LogP contribution in [0.3, 0.4) is 0 Å². The predicted molar refractivity (Wildman–Crippen MR) is 111 cm³/mol. The van der Waals surface area contributed by atoms with Crippen molar-refractivity contribution >= 4 is 34.3 Å². The van der Waals surface area contributed by atoms with Gasteiger partial charge < -0.3 is 4.74 Å². The number of ether oxygens (including phenoxy) is 1. The lowest BCUT2D eigenvalue weighted by atomic mass is 10.2. The summed E-state index contributed by atoms with van der Waals surface area (Å²) in [6, 6.07) is 14.7. The van der Waals surface area contributed by atoms with E-state index in [0.29, 0.717) is 38.9 Å². The van der Waals surface area contributed by atoms with Crippen LogP contribution in [0.2, 0.25) is 5.02 Å². The summed E-state index contributed by atoms with van der Waals surface area (Å²) in [6.07, 6.45) is 2.01. The number of aromatic nitrogens is 2. The molecule has 0 radical (unpaired) electrons. The third-order valence-corrected chi connectivity index (χ3v) is 6.03. The van der Waals surface area contributed by atoms with Gasteiger partial charge in [-0.1, -0.05) is 35.5 Å². The van der Waals surface area contributed by atoms with Crippen LogP contribution in [0, 0.1) is 11.3 Å². The molecule has 0 saturated carbocycles. The SMILES string of the molecule is N#Cc1ccc(CSc2nc3cc(Cl)ccc3c(=O)n2C[C@H]2CCCO2)cc1. The van der Waals surface area contributed by atoms with Crippen molar-refractivity contribution in [3.05, 3.63) is 69.0 Å². The molecule has 0 bridgehead atoms. The molecule has 1 aromatic heterocycles. The lowest BCUT2D eigenvalue weighted by molar-refractivity contribution is 0.0937. The van der Waals surface area contributed by atoms with Crippen LogP contribution >= 0.6 is 23.4 Å². The number of hydrogen-bond acceptors (Lipinski definition) is 5. The van der Waals surface area contributed by atoms with Crippen molar-refractivity contribution in [1.82, 2.24) is 9.55 Å². The molecule has 0 aliphatic carbocycles. The van der Waals surface area contributed by atoms with Crippen molar-refractivity contribution in [2.75, 3.05) is 6.61 Å². The van der Waals surface area contributed by atoms with Gasteiger partial charge in [0, 0.05) is 17.4 Å². The zero-order valence-corrected chi connectivity index (χ0v) is 16.7. The fourth-order valence-electron chi connectivity index (χ4n) is 3.26. The van der Waals surface area contributed by atoms with E-state index in [1.807, 2.05) is 12.1 Å². The standard InChI is InChI=1S/C21H18ClN3O2S/c22-16-7-8-18-19(10-16)24-21(25(20(18)26)12-17-2-1-9-27-17)28-13-15-5-3-14(11-23)4-6-15/h3-8,10,17H,1-2,9,12-13H2/t17-/m1/s1. The molecule has 3 aromatic rings. The number of thioether (sulfide) groups is 1. The zero-order chi connectivity index (χ0) is 19.5. The molecule has 0 unspecified atom stereocenters. The van der Waals surface area contributed by atoms with Crippen molar-refractivity contribution in [3.63, 3.8) is 0 Å². The van der Waals surface area contributed by atoms with Gasteiger partial charge in [0.05, 0.1) is 35.2 Å². The van der Waals surface area contributed by atoms with Gasteiger partial charge in [-0.25, -0.2) is 4.98 Å². The number of nitriles is 1. The minimum absolute atomic E-state index is 0.0403. The van der Waals surface area contributed by atoms with E-state index in [4.69, 9.17) is 26.6 Å². The van der Waals surface area contributed by atoms with Gasteiger partial charge in [-0.3, -0.25) is 9.36 Å². The second kappa shape index (κ2) is 8.36. The second-order valence-corrected chi connectivity index (χ2v) is 8.08. The molecule has 2 heterocycles. The lowest BCUT2D eigenvalue weighted by Crippen LogP contribution is -2.28. The average Bonchev–Trinajstić information content (AvgIpc) is 3.22. The maximum Gasteiger partial charge on any atom is 0.262 e. The number of hydrogen-bond donors (Lipinski definition) is 0. The minimum atomic E-state index is -0.0699. The van der Waals surface area contributed by atoms with Gasteiger partial charge in [0.25, 0.3) is 5.56 Å². The molecular formula is C21H18ClN3O2S. The van der Waals surface area contributed by atoms with Gasteiger partial charge >= 0.3 is 0 Å². The monoisotopic (exact) mass is 411 g/mol. The van der Waals surface area contributed by atoms with Gasteiger partial charge in [0.15, 0.2) is 5.16 Å². The summed E-state index contributed by atoms with van der Waals surface area (Å²) >= 11 is 7.60. The molecule has 0 N–H and O–H groups in total. The fourth-order valence-corrected chi connectivity index (χ4v) is 4.39. The Labute approximate surface area is 171 Å². The molecule has 1 fully saturated rings. The summed E-state index contributed by atoms with van der Waals surface area (Å²) in [5, 5.41) is 10.7. The molecule has 0 amide bonds. The quantitative estimate of drug-likeness (QED) is 0.460. The highest BCUT2D eigenvalue weighted by Gasteiger charge is 2.20. The number of rotatable bonds is 5. The fraction of sp³-hybridized carbons (Fsp3) is 0.286. The highest BCUT2D eigenvalue weighted by molar-refractivity contribution is 7.98. The van der Waals surface area contributed by atoms with Crippen molar-refractivity contribution < 1.29 is 4.74 Å². The van der Waals surface area contributed by atoms with Crippen LogP contribution in [0.1, 0.15) is 24.0 Å². The molecule has 4 rings (SSSR count). The molecule has 0 spiro atoms. The first kappa shape index (κ1) is 19.0. The number of halogens is 1. The lowest BCUT2D eigenvalue weighted by Gasteiger charge is -2.16. The molecule has 5 nitrogen and oxygen atoms in total. The largest absolute Gasteiger partial charge is 0.376 e. The molecular weight excluding hydrogens is 394 g/mol. The summed E-state index contributed by atoms with van der Waals surface area (Å²) in [5.74, 6) is 0.649. The Hall–Kier alpha value is -2.33. The van der Waals surface area contributed by atoms with E-state index in [-0.39, 0.29) is 11.7 Å². The van der Waals surface area contributed by atoms with Crippen LogP contribution in [0.5, 0.6) is 0 Å². The van der Waals surface area contributed by atoms with Crippen LogP contribution < -0.4 is 5.56 Å². The summed E-state index contributed by atoms with van der Waals surface area (Å²) in [5.41, 5.74) is 2.22. The average molecular weight is 412 g/mol. The summed E-state index contributed by atoms with van der Waals surface area (Å²) < 4.78 is 7.46. The van der Waals surface area contributed by atoms with Gasteiger partial charge in [-0.05, 0) is 48.7 Å². The van der Waals surface area contributed by atoms with Crippen LogP contribution in [0.25, 0.3) is 10.9 Å². The van der Waals surface area contributed by atoms with E-state index < -0.39 is 0 Å². The topological polar surface area (TPSA) is 67.9 Å². The molecule has 1 saturated heterocycles. The first-order chi connectivity index (χ1) is 13.6. The molecule has 142 valence electrons. The minimum Gasteiger partial charge on any atom is -0.376 e. The van der Waals surface area contributed by atoms with Crippen LogP contribution in [0.4, 0.5) is 0 Å². The Balaban J connectivity index is 1.68. The summed E-state index contributed by atoms with van der Waals surface area (Å²) in [6.45, 7) is 1.24. The molecule has 28 heavy (non-hydrogen) atoms. The Morgan fingerprint density at radius 1 is 1.29 bits per heavy atom. The Morgan fingerprint density at radius 2 is 2.11 bits per heavy atom. The molecule has 2 aromatic carbocycles. The molecule has 1 atom stereocenters. The molecule has 7 heteroatoms. The van der Waals surface area contributed by atoms with Crippen molar-refractivity contribution in [1.29, 1.82) is 5.26 Å². The van der Waals surface area contributed by atoms with Crippen LogP contribution in [-0.2, 0) is 17.0 Å². The number of fused-ring (bicyclic) bond motifs is 1. The first-order valence-electron chi connectivity index (χ1n) is 9.07. The van der Waals surface area contributed by atoms with E-state index in [1.54, 1.807) is 34.9 Å². The van der Waals surface area contributed by atoms with Gasteiger partial charge in [-0.2, -0.15) is 5.26 Å². The molecule has 1 aliphatic rings. The first-order valence-corrected chi connectivity index (χ1v) is 10.4. The Kier molecular flexibility index (Phi) is 5.67. The maximum absolute atomic E-state index is 13.1.